The van der Waals surface area contributed by atoms with E-state index in [1.54, 1.807) is 17.0 Å². The highest BCUT2D eigenvalue weighted by Crippen LogP contribution is 2.25. The average Bonchev–Trinajstić information content (AvgIpc) is 2.54. The summed E-state index contributed by atoms with van der Waals surface area (Å²) >= 11 is 11.9. The number of hydrogen-bond acceptors (Lipinski definition) is 4. The number of nitrogens with zero attached hydrogens (tertiary/aromatic N) is 1. The van der Waals surface area contributed by atoms with Gasteiger partial charge < -0.3 is 10.2 Å². The first kappa shape index (κ1) is 19.0. The molecule has 1 aliphatic rings. The molecule has 2 rings (SSSR count). The molecule has 24 heavy (non-hydrogen) atoms. The molecule has 0 atom stereocenters. The summed E-state index contributed by atoms with van der Waals surface area (Å²) in [7, 11) is -2.12. The van der Waals surface area contributed by atoms with Crippen molar-refractivity contribution in [3.63, 3.8) is 0 Å². The third-order valence-corrected chi connectivity index (χ3v) is 6.71. The third kappa shape index (κ3) is 4.40. The largest absolute Gasteiger partial charge is 0.358 e. The Bertz CT molecular complexity index is 744. The number of halogens is 2. The van der Waals surface area contributed by atoms with E-state index in [4.69, 9.17) is 23.2 Å². The minimum absolute atomic E-state index is 0.251. The summed E-state index contributed by atoms with van der Waals surface area (Å²) in [6.45, 7) is 0.602. The molecule has 0 unspecified atom stereocenters. The number of carbonyl (C=O) groups excluding carboxylic acids is 2. The predicted octanol–water partition coefficient (Wildman–Crippen LogP) is 1.76. The highest BCUT2D eigenvalue weighted by atomic mass is 35.5. The molecule has 0 radical (unpaired) electrons. The number of rotatable bonds is 4. The van der Waals surface area contributed by atoms with Crippen LogP contribution in [0.2, 0.25) is 10.0 Å². The van der Waals surface area contributed by atoms with Gasteiger partial charge in [0.15, 0.2) is 9.84 Å². The predicted molar refractivity (Wildman–Crippen MR) is 93.2 cm³/mol. The number of likely N-dealkylation sites (tertiary alicyclic amines) is 1. The van der Waals surface area contributed by atoms with Crippen molar-refractivity contribution in [1.29, 1.82) is 0 Å². The second kappa shape index (κ2) is 7.72. The number of piperidine rings is 1. The van der Waals surface area contributed by atoms with Crippen LogP contribution in [0.1, 0.15) is 23.2 Å². The quantitative estimate of drug-likeness (QED) is 0.845. The van der Waals surface area contributed by atoms with Crippen molar-refractivity contribution in [2.75, 3.05) is 25.9 Å². The minimum Gasteiger partial charge on any atom is -0.358 e. The van der Waals surface area contributed by atoms with Crippen LogP contribution in [0.4, 0.5) is 0 Å². The van der Waals surface area contributed by atoms with Crippen molar-refractivity contribution in [1.82, 2.24) is 10.2 Å². The zero-order valence-electron chi connectivity index (χ0n) is 13.1. The van der Waals surface area contributed by atoms with E-state index in [-0.39, 0.29) is 10.9 Å². The lowest BCUT2D eigenvalue weighted by atomic mass is 10.1. The van der Waals surface area contributed by atoms with Gasteiger partial charge >= 0.3 is 0 Å². The maximum Gasteiger partial charge on any atom is 0.255 e. The van der Waals surface area contributed by atoms with E-state index in [0.29, 0.717) is 36.5 Å². The molecule has 1 saturated heterocycles. The summed E-state index contributed by atoms with van der Waals surface area (Å²) in [4.78, 5) is 25.4. The van der Waals surface area contributed by atoms with Crippen molar-refractivity contribution in [2.24, 2.45) is 0 Å². The summed E-state index contributed by atoms with van der Waals surface area (Å²) in [6.07, 6.45) is 0.604. The van der Waals surface area contributed by atoms with E-state index in [2.05, 4.69) is 5.32 Å². The van der Waals surface area contributed by atoms with Gasteiger partial charge in [0.05, 0.1) is 15.8 Å². The fourth-order valence-electron chi connectivity index (χ4n) is 2.62. The fraction of sp³-hybridized carbons (Fsp3) is 0.467. The second-order valence-corrected chi connectivity index (χ2v) is 8.72. The van der Waals surface area contributed by atoms with E-state index in [0.717, 1.165) is 0 Å². The molecule has 0 aliphatic carbocycles. The molecule has 0 aromatic heterocycles. The Morgan fingerprint density at radius 2 is 1.88 bits per heavy atom. The van der Waals surface area contributed by atoms with Crippen LogP contribution in [0, 0.1) is 0 Å². The number of sulfone groups is 1. The van der Waals surface area contributed by atoms with Crippen LogP contribution in [-0.2, 0) is 14.6 Å². The van der Waals surface area contributed by atoms with Gasteiger partial charge in [0.1, 0.15) is 5.75 Å². The molecule has 1 heterocycles. The number of nitrogens with one attached hydrogen (secondary N) is 1. The summed E-state index contributed by atoms with van der Waals surface area (Å²) in [5, 5.41) is 2.41. The first-order chi connectivity index (χ1) is 11.2. The average molecular weight is 393 g/mol. The molecular formula is C15H18Cl2N2O4S. The van der Waals surface area contributed by atoms with Crippen LogP contribution < -0.4 is 5.32 Å². The molecule has 1 N–H and O–H groups in total. The Morgan fingerprint density at radius 3 is 2.42 bits per heavy atom. The molecule has 0 spiro atoms. The molecule has 1 aliphatic heterocycles. The Labute approximate surface area is 151 Å². The number of carbonyl (C=O) groups is 2. The molecular weight excluding hydrogens is 375 g/mol. The van der Waals surface area contributed by atoms with Crippen molar-refractivity contribution in [3.8, 4) is 0 Å². The lowest BCUT2D eigenvalue weighted by Gasteiger charge is -2.31. The SMILES string of the molecule is CNC(=O)CS(=O)(=O)C1CCN(C(=O)c2ccc(Cl)cc2Cl)CC1. The molecule has 1 aromatic carbocycles. The highest BCUT2D eigenvalue weighted by Gasteiger charge is 2.33. The Balaban J connectivity index is 2.02. The first-order valence-corrected chi connectivity index (χ1v) is 9.88. The van der Waals surface area contributed by atoms with Gasteiger partial charge in [-0.05, 0) is 31.0 Å². The molecule has 2 amide bonds. The van der Waals surface area contributed by atoms with Crippen LogP contribution in [0.3, 0.4) is 0 Å². The maximum atomic E-state index is 12.5. The Morgan fingerprint density at radius 1 is 1.25 bits per heavy atom. The van der Waals surface area contributed by atoms with Crippen molar-refractivity contribution >= 4 is 44.9 Å². The lowest BCUT2D eigenvalue weighted by Crippen LogP contribution is -2.44. The number of benzene rings is 1. The number of amides is 2. The zero-order chi connectivity index (χ0) is 17.9. The van der Waals surface area contributed by atoms with Gasteiger partial charge in [-0.15, -0.1) is 0 Å². The summed E-state index contributed by atoms with van der Waals surface area (Å²) in [6, 6.07) is 4.64. The minimum atomic E-state index is -3.52. The van der Waals surface area contributed by atoms with Gasteiger partial charge in [-0.3, -0.25) is 9.59 Å². The standard InChI is InChI=1S/C15H18Cl2N2O4S/c1-18-14(20)9-24(22,23)11-4-6-19(7-5-11)15(21)12-3-2-10(16)8-13(12)17/h2-3,8,11H,4-7,9H2,1H3,(H,18,20). The van der Waals surface area contributed by atoms with E-state index in [1.165, 1.54) is 13.1 Å². The molecule has 0 bridgehead atoms. The monoisotopic (exact) mass is 392 g/mol. The molecule has 9 heteroatoms. The third-order valence-electron chi connectivity index (χ3n) is 4.01. The summed E-state index contributed by atoms with van der Waals surface area (Å²) in [5.41, 5.74) is 0.340. The van der Waals surface area contributed by atoms with Gasteiger partial charge in [0.2, 0.25) is 5.91 Å². The fourth-order valence-corrected chi connectivity index (χ4v) is 4.79. The van der Waals surface area contributed by atoms with E-state index >= 15 is 0 Å². The Hall–Kier alpha value is -1.31. The van der Waals surface area contributed by atoms with Gasteiger partial charge in [-0.2, -0.15) is 0 Å². The van der Waals surface area contributed by atoms with E-state index in [9.17, 15) is 18.0 Å². The smallest absolute Gasteiger partial charge is 0.255 e. The molecule has 132 valence electrons. The van der Waals surface area contributed by atoms with Crippen molar-refractivity contribution < 1.29 is 18.0 Å². The highest BCUT2D eigenvalue weighted by molar-refractivity contribution is 7.92. The summed E-state index contributed by atoms with van der Waals surface area (Å²) < 4.78 is 24.4. The van der Waals surface area contributed by atoms with Gasteiger partial charge in [0, 0.05) is 25.2 Å². The molecule has 6 nitrogen and oxygen atoms in total. The molecule has 1 aromatic rings. The van der Waals surface area contributed by atoms with Gasteiger partial charge in [-0.1, -0.05) is 23.2 Å². The Kier molecular flexibility index (Phi) is 6.11. The van der Waals surface area contributed by atoms with Gasteiger partial charge in [-0.25, -0.2) is 8.42 Å². The van der Waals surface area contributed by atoms with Crippen LogP contribution in [0.15, 0.2) is 18.2 Å². The normalized spacial score (nSPS) is 16.0. The van der Waals surface area contributed by atoms with E-state index < -0.39 is 26.7 Å². The van der Waals surface area contributed by atoms with Crippen LogP contribution in [0.5, 0.6) is 0 Å². The van der Waals surface area contributed by atoms with Crippen molar-refractivity contribution in [2.45, 2.75) is 18.1 Å². The van der Waals surface area contributed by atoms with E-state index in [1.807, 2.05) is 0 Å². The topological polar surface area (TPSA) is 83.6 Å². The number of hydrogen-bond donors (Lipinski definition) is 1. The molecule has 1 fully saturated rings. The molecule has 0 saturated carbocycles. The first-order valence-electron chi connectivity index (χ1n) is 7.41. The van der Waals surface area contributed by atoms with Crippen LogP contribution in [-0.4, -0.2) is 56.3 Å². The van der Waals surface area contributed by atoms with Gasteiger partial charge in [0.25, 0.3) is 5.91 Å². The maximum absolute atomic E-state index is 12.5. The van der Waals surface area contributed by atoms with Crippen LogP contribution in [0.25, 0.3) is 0 Å². The van der Waals surface area contributed by atoms with Crippen molar-refractivity contribution in [3.05, 3.63) is 33.8 Å². The zero-order valence-corrected chi connectivity index (χ0v) is 15.4. The summed E-state index contributed by atoms with van der Waals surface area (Å²) in [5.74, 6) is -1.30. The lowest BCUT2D eigenvalue weighted by molar-refractivity contribution is -0.118. The second-order valence-electron chi connectivity index (χ2n) is 5.60. The van der Waals surface area contributed by atoms with Crippen LogP contribution >= 0.6 is 23.2 Å².